The zero-order valence-corrected chi connectivity index (χ0v) is 15.9. The lowest BCUT2D eigenvalue weighted by molar-refractivity contribution is 0.755. The number of nitrogens with zero attached hydrogens (tertiary/aromatic N) is 1. The smallest absolute Gasteiger partial charge is 0.263 e. The van der Waals surface area contributed by atoms with Crippen molar-refractivity contribution in [2.75, 3.05) is 0 Å². The second-order valence-electron chi connectivity index (χ2n) is 6.50. The highest BCUT2D eigenvalue weighted by molar-refractivity contribution is 5.86. The number of rotatable bonds is 4. The minimum atomic E-state index is 0.0602. The number of hydrogen-bond acceptors (Lipinski definition) is 3. The Kier molecular flexibility index (Phi) is 6.34. The molecule has 0 atom stereocenters. The summed E-state index contributed by atoms with van der Waals surface area (Å²) in [5.74, 6) is 0. The zero-order chi connectivity index (χ0) is 19.3. The summed E-state index contributed by atoms with van der Waals surface area (Å²) in [5.41, 5.74) is 5.10. The minimum Gasteiger partial charge on any atom is -0.383 e. The second kappa shape index (κ2) is 8.48. The molecular formula is C22H27N3O. The summed E-state index contributed by atoms with van der Waals surface area (Å²) in [4.78, 5) is 13.3. The number of allylic oxidation sites excluding steroid dienone is 5. The molecule has 0 amide bonds. The summed E-state index contributed by atoms with van der Waals surface area (Å²) in [5, 5.41) is 10.6. The van der Waals surface area contributed by atoms with Crippen molar-refractivity contribution in [1.29, 1.82) is 5.41 Å². The lowest BCUT2D eigenvalue weighted by atomic mass is 10.0. The van der Waals surface area contributed by atoms with Crippen LogP contribution < -0.4 is 10.9 Å². The van der Waals surface area contributed by atoms with Crippen molar-refractivity contribution >= 4 is 23.2 Å². The van der Waals surface area contributed by atoms with Crippen LogP contribution >= 0.6 is 0 Å². The van der Waals surface area contributed by atoms with Crippen molar-refractivity contribution in [3.8, 4) is 0 Å². The van der Waals surface area contributed by atoms with E-state index in [4.69, 9.17) is 5.41 Å². The first-order chi connectivity index (χ1) is 12.5. The van der Waals surface area contributed by atoms with Gasteiger partial charge in [-0.3, -0.25) is 9.36 Å². The summed E-state index contributed by atoms with van der Waals surface area (Å²) in [6.07, 6.45) is 6.39. The summed E-state index contributed by atoms with van der Waals surface area (Å²) in [7, 11) is 0. The molecule has 1 heterocycles. The third kappa shape index (κ3) is 3.85. The molecule has 0 spiro atoms. The molecule has 2 N–H and O–H groups in total. The van der Waals surface area contributed by atoms with E-state index in [1.54, 1.807) is 0 Å². The Labute approximate surface area is 155 Å². The van der Waals surface area contributed by atoms with E-state index < -0.39 is 0 Å². The molecule has 1 aliphatic carbocycles. The number of nitrogens with one attached hydrogen (secondary N) is 2. The molecule has 0 bridgehead atoms. The maximum atomic E-state index is 13.3. The lowest BCUT2D eigenvalue weighted by Gasteiger charge is -2.21. The molecule has 4 nitrogen and oxygen atoms in total. The Hall–Kier alpha value is -2.88. The van der Waals surface area contributed by atoms with Crippen LogP contribution in [-0.2, 0) is 6.54 Å². The molecule has 0 fully saturated rings. The molecule has 0 radical (unpaired) electrons. The van der Waals surface area contributed by atoms with Gasteiger partial charge in [-0.15, -0.1) is 0 Å². The Balaban J connectivity index is 0.00000117. The maximum absolute atomic E-state index is 13.3. The Bertz CT molecular complexity index is 948. The lowest BCUT2D eigenvalue weighted by Crippen LogP contribution is -2.27. The zero-order valence-electron chi connectivity index (χ0n) is 15.9. The fraction of sp³-hybridized carbons (Fsp3) is 0.273. The van der Waals surface area contributed by atoms with Crippen LogP contribution in [0.3, 0.4) is 0 Å². The average molecular weight is 349 g/mol. The van der Waals surface area contributed by atoms with Crippen LogP contribution in [0.1, 0.15) is 37.9 Å². The minimum absolute atomic E-state index is 0.0602. The predicted molar refractivity (Wildman–Crippen MR) is 112 cm³/mol. The van der Waals surface area contributed by atoms with E-state index in [0.717, 1.165) is 51.8 Å². The molecule has 0 saturated heterocycles. The van der Waals surface area contributed by atoms with Gasteiger partial charge in [0.25, 0.3) is 5.56 Å². The van der Waals surface area contributed by atoms with Gasteiger partial charge in [-0.05, 0) is 62.9 Å². The summed E-state index contributed by atoms with van der Waals surface area (Å²) in [6.45, 7) is 13.0. The largest absolute Gasteiger partial charge is 0.383 e. The first-order valence-electron chi connectivity index (χ1n) is 8.75. The van der Waals surface area contributed by atoms with Crippen LogP contribution in [0.4, 0.5) is 0 Å². The van der Waals surface area contributed by atoms with Crippen molar-refractivity contribution in [2.45, 2.75) is 40.2 Å². The van der Waals surface area contributed by atoms with Gasteiger partial charge < -0.3 is 10.7 Å². The molecule has 0 aliphatic heterocycles. The van der Waals surface area contributed by atoms with E-state index in [0.29, 0.717) is 6.54 Å². The fourth-order valence-corrected chi connectivity index (χ4v) is 3.28. The monoisotopic (exact) mass is 349 g/mol. The van der Waals surface area contributed by atoms with Gasteiger partial charge in [-0.2, -0.15) is 0 Å². The standard InChI is InChI=1S/C21H24N2O.CH3N/c1-14(2)22-13-18-12-17-10-7-9-16(4)20(17)21(24)23(18)19-11-6-5-8-15(19)3;1-2/h7-12,22H,1,5-6,13H2,2-4H3;2H,1H2. The first-order valence-corrected chi connectivity index (χ1v) is 8.75. The Morgan fingerprint density at radius 1 is 1.23 bits per heavy atom. The molecule has 26 heavy (non-hydrogen) atoms. The second-order valence-corrected chi connectivity index (χ2v) is 6.50. The number of benzene rings is 1. The third-order valence-corrected chi connectivity index (χ3v) is 4.50. The quantitative estimate of drug-likeness (QED) is 0.781. The normalized spacial score (nSPS) is 13.3. The van der Waals surface area contributed by atoms with Gasteiger partial charge in [0.2, 0.25) is 0 Å². The van der Waals surface area contributed by atoms with E-state index in [1.807, 2.05) is 36.6 Å². The summed E-state index contributed by atoms with van der Waals surface area (Å²) < 4.78 is 1.87. The SMILES string of the molecule is C=C(C)NCc1cc2cccc(C)c2c(=O)n1C1=CCCC=C1C.C=N. The molecule has 1 aromatic carbocycles. The third-order valence-electron chi connectivity index (χ3n) is 4.50. The Morgan fingerprint density at radius 2 is 1.92 bits per heavy atom. The fourth-order valence-electron chi connectivity index (χ4n) is 3.28. The first kappa shape index (κ1) is 19.4. The van der Waals surface area contributed by atoms with Crippen LogP contribution in [0.5, 0.6) is 0 Å². The van der Waals surface area contributed by atoms with Crippen LogP contribution in [0.15, 0.2) is 59.1 Å². The number of hydrogen-bond donors (Lipinski definition) is 2. The predicted octanol–water partition coefficient (Wildman–Crippen LogP) is 4.78. The number of pyridine rings is 1. The molecule has 0 unspecified atom stereocenters. The van der Waals surface area contributed by atoms with E-state index in [9.17, 15) is 4.79 Å². The molecule has 0 saturated carbocycles. The van der Waals surface area contributed by atoms with Crippen molar-refractivity contribution in [2.24, 2.45) is 0 Å². The van der Waals surface area contributed by atoms with Crippen LogP contribution in [0.25, 0.3) is 16.5 Å². The maximum Gasteiger partial charge on any atom is 0.263 e. The molecular weight excluding hydrogens is 322 g/mol. The number of aromatic nitrogens is 1. The van der Waals surface area contributed by atoms with Crippen molar-refractivity contribution < 1.29 is 0 Å². The molecule has 3 rings (SSSR count). The van der Waals surface area contributed by atoms with Crippen LogP contribution in [0.2, 0.25) is 0 Å². The number of aryl methyl sites for hydroxylation is 1. The van der Waals surface area contributed by atoms with E-state index in [1.165, 1.54) is 0 Å². The van der Waals surface area contributed by atoms with Gasteiger partial charge in [-0.25, -0.2) is 0 Å². The number of fused-ring (bicyclic) bond motifs is 1. The summed E-state index contributed by atoms with van der Waals surface area (Å²) >= 11 is 0. The molecule has 2 aromatic rings. The topological polar surface area (TPSA) is 57.9 Å². The summed E-state index contributed by atoms with van der Waals surface area (Å²) in [6, 6.07) is 8.12. The highest BCUT2D eigenvalue weighted by Gasteiger charge is 2.16. The highest BCUT2D eigenvalue weighted by Crippen LogP contribution is 2.25. The van der Waals surface area contributed by atoms with Gasteiger partial charge in [0.1, 0.15) is 0 Å². The van der Waals surface area contributed by atoms with Gasteiger partial charge in [-0.1, -0.05) is 36.9 Å². The van der Waals surface area contributed by atoms with Crippen molar-refractivity contribution in [3.05, 3.63) is 75.9 Å². The van der Waals surface area contributed by atoms with Gasteiger partial charge >= 0.3 is 0 Å². The Morgan fingerprint density at radius 3 is 2.58 bits per heavy atom. The van der Waals surface area contributed by atoms with Crippen molar-refractivity contribution in [3.63, 3.8) is 0 Å². The van der Waals surface area contributed by atoms with Gasteiger partial charge in [0, 0.05) is 17.1 Å². The molecule has 1 aliphatic rings. The molecule has 4 heteroatoms. The van der Waals surface area contributed by atoms with E-state index >= 15 is 0 Å². The van der Waals surface area contributed by atoms with E-state index in [-0.39, 0.29) is 5.56 Å². The van der Waals surface area contributed by atoms with E-state index in [2.05, 4.69) is 43.8 Å². The van der Waals surface area contributed by atoms with Gasteiger partial charge in [0.05, 0.1) is 11.9 Å². The molecule has 1 aromatic heterocycles. The average Bonchev–Trinajstić information content (AvgIpc) is 2.62. The molecule has 136 valence electrons. The highest BCUT2D eigenvalue weighted by atomic mass is 16.1. The van der Waals surface area contributed by atoms with Gasteiger partial charge in [0.15, 0.2) is 0 Å². The van der Waals surface area contributed by atoms with Crippen LogP contribution in [0, 0.1) is 12.3 Å². The van der Waals surface area contributed by atoms with Crippen LogP contribution in [-0.4, -0.2) is 11.3 Å². The van der Waals surface area contributed by atoms with Crippen molar-refractivity contribution in [1.82, 2.24) is 9.88 Å².